The average Bonchev–Trinajstić information content (AvgIpc) is 3.55. The molecule has 0 aliphatic carbocycles. The molecule has 238 valence electrons. The van der Waals surface area contributed by atoms with Crippen LogP contribution >= 0.6 is 18.9 Å². The van der Waals surface area contributed by atoms with Crippen LogP contribution in [0.4, 0.5) is 8.78 Å². The van der Waals surface area contributed by atoms with Crippen molar-refractivity contribution in [3.05, 3.63) is 34.7 Å². The Bertz CT molecular complexity index is 1590. The predicted octanol–water partition coefficient (Wildman–Crippen LogP) is 2.85. The number of hydrogen-bond donors (Lipinski definition) is 3. The number of rotatable bonds is 7. The molecule has 12 nitrogen and oxygen atoms in total. The number of carbonyl (C=O) groups excluding carboxylic acids is 4. The molecule has 2 saturated heterocycles. The Balaban J connectivity index is 1.61. The van der Waals surface area contributed by atoms with E-state index in [0.29, 0.717) is 30.5 Å². The fraction of sp³-hybridized carbons (Fsp3) is 0.536. The van der Waals surface area contributed by atoms with Crippen LogP contribution in [0.25, 0.3) is 10.1 Å². The fourth-order valence-corrected chi connectivity index (χ4v) is 7.13. The van der Waals surface area contributed by atoms with E-state index in [4.69, 9.17) is 9.79 Å². The van der Waals surface area contributed by atoms with Gasteiger partial charge in [0.15, 0.2) is 0 Å². The minimum absolute atomic E-state index is 0.0462. The van der Waals surface area contributed by atoms with E-state index in [9.17, 15) is 37.8 Å². The van der Waals surface area contributed by atoms with Gasteiger partial charge < -0.3 is 29.8 Å². The standard InChI is InChI=1S/C28H34F2N5O7PS/c1-16(36)34-10-9-19-6-7-21(26(39)33(4)15-27(2,3)14-31)35(19)25(38)20(13-34)32-24(37)23-12-17-11-18(5-8-22(17)44-23)28(29,30)43(40,41)42/h5,8,11-12,19-21H,6-7,9-10,13,15H2,1-4H3,(H,32,37)(H2,40,41,42)/t19-,20?,21+/m1/s1. The number of halogens is 2. The quantitative estimate of drug-likeness (QED) is 0.383. The molecule has 0 saturated carbocycles. The summed E-state index contributed by atoms with van der Waals surface area (Å²) >= 11 is 0.931. The molecule has 3 atom stereocenters. The van der Waals surface area contributed by atoms with Crippen molar-refractivity contribution in [2.24, 2.45) is 5.41 Å². The minimum atomic E-state index is -5.80. The van der Waals surface area contributed by atoms with Crippen molar-refractivity contribution in [1.29, 1.82) is 5.26 Å². The summed E-state index contributed by atoms with van der Waals surface area (Å²) in [5.41, 5.74) is -6.14. The lowest BCUT2D eigenvalue weighted by Gasteiger charge is -2.39. The van der Waals surface area contributed by atoms with Gasteiger partial charge in [-0.1, -0.05) is 6.07 Å². The third-order valence-corrected chi connectivity index (χ3v) is 10.1. The number of nitriles is 1. The number of nitrogens with one attached hydrogen (secondary N) is 1. The predicted molar refractivity (Wildman–Crippen MR) is 157 cm³/mol. The highest BCUT2D eigenvalue weighted by Crippen LogP contribution is 2.59. The largest absolute Gasteiger partial charge is 0.399 e. The van der Waals surface area contributed by atoms with Crippen LogP contribution in [-0.2, 0) is 24.6 Å². The van der Waals surface area contributed by atoms with E-state index in [-0.39, 0.29) is 41.2 Å². The van der Waals surface area contributed by atoms with Crippen molar-refractivity contribution < 1.29 is 42.3 Å². The van der Waals surface area contributed by atoms with Crippen LogP contribution in [0.1, 0.15) is 55.3 Å². The summed E-state index contributed by atoms with van der Waals surface area (Å²) in [5, 5.41) is 12.2. The third kappa shape index (κ3) is 6.63. The zero-order chi connectivity index (χ0) is 32.8. The summed E-state index contributed by atoms with van der Waals surface area (Å²) in [4.78, 5) is 75.9. The Morgan fingerprint density at radius 2 is 1.89 bits per heavy atom. The molecule has 4 amide bonds. The number of thiophene rings is 1. The summed E-state index contributed by atoms with van der Waals surface area (Å²) in [6, 6.07) is 4.05. The maximum atomic E-state index is 14.3. The number of amides is 4. The molecule has 0 bridgehead atoms. The molecule has 16 heteroatoms. The molecule has 1 aromatic heterocycles. The van der Waals surface area contributed by atoms with Crippen LogP contribution in [0.15, 0.2) is 24.3 Å². The highest BCUT2D eigenvalue weighted by molar-refractivity contribution is 7.52. The van der Waals surface area contributed by atoms with Gasteiger partial charge in [0.1, 0.15) is 12.1 Å². The van der Waals surface area contributed by atoms with E-state index in [1.165, 1.54) is 33.8 Å². The molecule has 2 fully saturated rings. The molecular formula is C28H34F2N5O7PS. The second-order valence-electron chi connectivity index (χ2n) is 11.9. The molecule has 1 aromatic carbocycles. The van der Waals surface area contributed by atoms with Gasteiger partial charge >= 0.3 is 13.3 Å². The van der Waals surface area contributed by atoms with Crippen molar-refractivity contribution in [2.75, 3.05) is 26.7 Å². The van der Waals surface area contributed by atoms with Gasteiger partial charge in [-0.2, -0.15) is 14.0 Å². The molecule has 2 aromatic rings. The van der Waals surface area contributed by atoms with Gasteiger partial charge in [-0.05, 0) is 56.7 Å². The Kier molecular flexibility index (Phi) is 9.24. The zero-order valence-corrected chi connectivity index (χ0v) is 26.3. The lowest BCUT2D eigenvalue weighted by atomic mass is 9.95. The topological polar surface area (TPSA) is 171 Å². The lowest BCUT2D eigenvalue weighted by Crippen LogP contribution is -2.61. The van der Waals surface area contributed by atoms with Gasteiger partial charge in [-0.15, -0.1) is 11.3 Å². The number of alkyl halides is 2. The number of fused-ring (bicyclic) bond motifs is 2. The van der Waals surface area contributed by atoms with Crippen LogP contribution in [0.2, 0.25) is 0 Å². The fourth-order valence-electron chi connectivity index (χ4n) is 5.71. The smallest absolute Gasteiger partial charge is 0.342 e. The van der Waals surface area contributed by atoms with E-state index in [0.717, 1.165) is 23.5 Å². The van der Waals surface area contributed by atoms with Gasteiger partial charge in [0.05, 0.1) is 16.4 Å². The molecule has 1 unspecified atom stereocenters. The number of nitrogens with zero attached hydrogens (tertiary/aromatic N) is 4. The number of benzene rings is 1. The number of hydrogen-bond acceptors (Lipinski definition) is 7. The molecule has 44 heavy (non-hydrogen) atoms. The number of carbonyl (C=O) groups is 4. The van der Waals surface area contributed by atoms with Crippen LogP contribution < -0.4 is 5.32 Å². The van der Waals surface area contributed by atoms with Crippen molar-refractivity contribution in [3.63, 3.8) is 0 Å². The first-order valence-corrected chi connectivity index (χ1v) is 16.3. The van der Waals surface area contributed by atoms with Crippen molar-refractivity contribution in [1.82, 2.24) is 20.0 Å². The van der Waals surface area contributed by atoms with Crippen LogP contribution in [0, 0.1) is 16.7 Å². The number of likely N-dealkylation sites (N-methyl/N-ethyl adjacent to an activating group) is 1. The molecule has 0 radical (unpaired) electrons. The first kappa shape index (κ1) is 33.5. The van der Waals surface area contributed by atoms with E-state index >= 15 is 0 Å². The summed E-state index contributed by atoms with van der Waals surface area (Å²) in [7, 11) is -4.23. The second-order valence-corrected chi connectivity index (χ2v) is 14.6. The summed E-state index contributed by atoms with van der Waals surface area (Å²) in [5.74, 6) is -1.88. The van der Waals surface area contributed by atoms with Gasteiger partial charge in [0.2, 0.25) is 17.7 Å². The van der Waals surface area contributed by atoms with E-state index < -0.39 is 48.1 Å². The molecule has 4 rings (SSSR count). The molecule has 2 aliphatic rings. The molecule has 0 spiro atoms. The average molecular weight is 654 g/mol. The van der Waals surface area contributed by atoms with Crippen molar-refractivity contribution in [2.45, 2.75) is 63.8 Å². The summed E-state index contributed by atoms with van der Waals surface area (Å²) in [6.07, 6.45) is 1.34. The molecule has 3 N–H and O–H groups in total. The maximum Gasteiger partial charge on any atom is 0.399 e. The normalized spacial score (nSPS) is 21.3. The van der Waals surface area contributed by atoms with Crippen LogP contribution in [-0.4, -0.2) is 92.9 Å². The van der Waals surface area contributed by atoms with Gasteiger partial charge in [0, 0.05) is 49.9 Å². The summed E-state index contributed by atoms with van der Waals surface area (Å²) < 4.78 is 40.3. The Morgan fingerprint density at radius 3 is 2.50 bits per heavy atom. The Labute approximate surface area is 256 Å². The molecular weight excluding hydrogens is 619 g/mol. The van der Waals surface area contributed by atoms with E-state index in [2.05, 4.69) is 11.4 Å². The first-order valence-electron chi connectivity index (χ1n) is 13.9. The van der Waals surface area contributed by atoms with E-state index in [1.54, 1.807) is 20.9 Å². The highest BCUT2D eigenvalue weighted by atomic mass is 32.1. The molecule has 2 aliphatic heterocycles. The monoisotopic (exact) mass is 653 g/mol. The van der Waals surface area contributed by atoms with Crippen LogP contribution in [0.3, 0.4) is 0 Å². The van der Waals surface area contributed by atoms with Gasteiger partial charge in [-0.25, -0.2) is 0 Å². The maximum absolute atomic E-state index is 14.3. The molecule has 3 heterocycles. The minimum Gasteiger partial charge on any atom is -0.342 e. The van der Waals surface area contributed by atoms with Crippen molar-refractivity contribution >= 4 is 52.6 Å². The van der Waals surface area contributed by atoms with Gasteiger partial charge in [0.25, 0.3) is 5.91 Å². The van der Waals surface area contributed by atoms with Crippen LogP contribution in [0.5, 0.6) is 0 Å². The van der Waals surface area contributed by atoms with Crippen molar-refractivity contribution in [3.8, 4) is 6.07 Å². The first-order chi connectivity index (χ1) is 20.4. The third-order valence-electron chi connectivity index (χ3n) is 7.99. The lowest BCUT2D eigenvalue weighted by molar-refractivity contribution is -0.148. The van der Waals surface area contributed by atoms with E-state index in [1.807, 2.05) is 0 Å². The summed E-state index contributed by atoms with van der Waals surface area (Å²) in [6.45, 7) is 5.06. The highest BCUT2D eigenvalue weighted by Gasteiger charge is 2.50. The Hall–Kier alpha value is -3.44. The van der Waals surface area contributed by atoms with Gasteiger partial charge in [-0.3, -0.25) is 23.7 Å². The zero-order valence-electron chi connectivity index (χ0n) is 24.6. The Morgan fingerprint density at radius 1 is 1.20 bits per heavy atom. The second kappa shape index (κ2) is 12.2. The SMILES string of the molecule is CC(=O)N1CC[C@H]2CC[C@@H](C(=O)N(C)CC(C)(C)C#N)N2C(=O)C(NC(=O)c2cc3cc(C(F)(F)P(=O)(O)O)ccc3s2)C1.